The third-order valence-electron chi connectivity index (χ3n) is 2.53. The van der Waals surface area contributed by atoms with Gasteiger partial charge in [-0.05, 0) is 31.5 Å². The Balaban J connectivity index is 2.11. The smallest absolute Gasteiger partial charge is 0.181 e. The first kappa shape index (κ1) is 11.1. The summed E-state index contributed by atoms with van der Waals surface area (Å²) in [5.41, 5.74) is 8.81. The highest BCUT2D eigenvalue weighted by Crippen LogP contribution is 2.29. The minimum atomic E-state index is 0.812. The van der Waals surface area contributed by atoms with Crippen molar-refractivity contribution in [1.82, 2.24) is 4.98 Å². The Bertz CT molecular complexity index is 494. The summed E-state index contributed by atoms with van der Waals surface area (Å²) in [5, 5.41) is 0. The summed E-state index contributed by atoms with van der Waals surface area (Å²) in [4.78, 5) is 5.36. The number of hydrogen-bond acceptors (Lipinski definition) is 4. The van der Waals surface area contributed by atoms with Gasteiger partial charge in [-0.15, -0.1) is 11.8 Å². The second-order valence-corrected chi connectivity index (χ2v) is 4.63. The molecule has 0 amide bonds. The number of nitrogens with zero attached hydrogens (tertiary/aromatic N) is 1. The topological polar surface area (TPSA) is 52.0 Å². The van der Waals surface area contributed by atoms with Gasteiger partial charge < -0.3 is 10.2 Å². The van der Waals surface area contributed by atoms with Gasteiger partial charge in [0.15, 0.2) is 6.39 Å². The third-order valence-corrected chi connectivity index (χ3v) is 3.71. The highest BCUT2D eigenvalue weighted by molar-refractivity contribution is 7.98. The van der Waals surface area contributed by atoms with Crippen molar-refractivity contribution in [2.24, 2.45) is 0 Å². The maximum absolute atomic E-state index is 5.85. The van der Waals surface area contributed by atoms with E-state index in [1.54, 1.807) is 11.8 Å². The van der Waals surface area contributed by atoms with E-state index in [2.05, 4.69) is 11.1 Å². The molecule has 2 rings (SSSR count). The van der Waals surface area contributed by atoms with Crippen molar-refractivity contribution in [3.05, 3.63) is 41.6 Å². The van der Waals surface area contributed by atoms with Crippen molar-refractivity contribution >= 4 is 17.4 Å². The van der Waals surface area contributed by atoms with Crippen LogP contribution in [-0.4, -0.2) is 4.98 Å². The SMILES string of the molecule is Cc1ocnc1CSc1cccc(N)c1C. The number of benzene rings is 1. The predicted molar refractivity (Wildman–Crippen MR) is 66.4 cm³/mol. The molecule has 0 spiro atoms. The first-order valence-electron chi connectivity index (χ1n) is 5.05. The lowest BCUT2D eigenvalue weighted by Crippen LogP contribution is -1.91. The second-order valence-electron chi connectivity index (χ2n) is 3.61. The summed E-state index contributed by atoms with van der Waals surface area (Å²) in [6.07, 6.45) is 1.48. The first-order valence-corrected chi connectivity index (χ1v) is 6.04. The highest BCUT2D eigenvalue weighted by Gasteiger charge is 2.06. The molecule has 2 N–H and O–H groups in total. The van der Waals surface area contributed by atoms with Crippen molar-refractivity contribution < 1.29 is 4.42 Å². The van der Waals surface area contributed by atoms with Gasteiger partial charge >= 0.3 is 0 Å². The molecule has 0 saturated heterocycles. The monoisotopic (exact) mass is 234 g/mol. The molecule has 0 bridgehead atoms. The van der Waals surface area contributed by atoms with Gasteiger partial charge in [0.25, 0.3) is 0 Å². The average molecular weight is 234 g/mol. The molecule has 84 valence electrons. The summed E-state index contributed by atoms with van der Waals surface area (Å²) in [5.74, 6) is 1.70. The van der Waals surface area contributed by atoms with Crippen LogP contribution >= 0.6 is 11.8 Å². The Morgan fingerprint density at radius 1 is 1.38 bits per heavy atom. The lowest BCUT2D eigenvalue weighted by molar-refractivity contribution is 0.525. The van der Waals surface area contributed by atoms with Gasteiger partial charge in [0.05, 0.1) is 5.69 Å². The number of nitrogen functional groups attached to an aromatic ring is 1. The molecule has 0 aliphatic heterocycles. The van der Waals surface area contributed by atoms with Crippen molar-refractivity contribution in [2.45, 2.75) is 24.5 Å². The number of oxazole rings is 1. The largest absolute Gasteiger partial charge is 0.448 e. The number of thioether (sulfide) groups is 1. The minimum absolute atomic E-state index is 0.812. The molecule has 0 aliphatic rings. The summed E-state index contributed by atoms with van der Waals surface area (Å²) < 4.78 is 5.16. The van der Waals surface area contributed by atoms with Crippen LogP contribution < -0.4 is 5.73 Å². The zero-order valence-electron chi connectivity index (χ0n) is 9.36. The van der Waals surface area contributed by atoms with Gasteiger partial charge in [-0.25, -0.2) is 4.98 Å². The van der Waals surface area contributed by atoms with Crippen molar-refractivity contribution in [3.8, 4) is 0 Å². The molecule has 1 aromatic carbocycles. The number of nitrogens with two attached hydrogens (primary N) is 1. The molecule has 2 aromatic rings. The standard InChI is InChI=1S/C12H14N2OS/c1-8-10(13)4-3-5-12(8)16-6-11-9(2)15-7-14-11/h3-5,7H,6,13H2,1-2H3. The van der Waals surface area contributed by atoms with Crippen molar-refractivity contribution in [1.29, 1.82) is 0 Å². The average Bonchev–Trinajstić information content (AvgIpc) is 2.67. The zero-order chi connectivity index (χ0) is 11.5. The van der Waals surface area contributed by atoms with E-state index in [-0.39, 0.29) is 0 Å². The Morgan fingerprint density at radius 3 is 2.88 bits per heavy atom. The molecule has 0 radical (unpaired) electrons. The number of hydrogen-bond donors (Lipinski definition) is 1. The summed E-state index contributed by atoms with van der Waals surface area (Å²) in [7, 11) is 0. The molecule has 1 aromatic heterocycles. The van der Waals surface area contributed by atoms with Crippen molar-refractivity contribution in [2.75, 3.05) is 5.73 Å². The van der Waals surface area contributed by atoms with E-state index in [9.17, 15) is 0 Å². The van der Waals surface area contributed by atoms with Gasteiger partial charge in [0, 0.05) is 16.3 Å². The molecule has 0 atom stereocenters. The van der Waals surface area contributed by atoms with Gasteiger partial charge in [-0.1, -0.05) is 6.07 Å². The van der Waals surface area contributed by atoms with Crippen LogP contribution in [0.2, 0.25) is 0 Å². The van der Waals surface area contributed by atoms with E-state index in [1.165, 1.54) is 11.3 Å². The number of aryl methyl sites for hydroxylation is 1. The van der Waals surface area contributed by atoms with E-state index in [0.717, 1.165) is 28.5 Å². The Hall–Kier alpha value is -1.42. The van der Waals surface area contributed by atoms with E-state index in [4.69, 9.17) is 10.2 Å². The fourth-order valence-electron chi connectivity index (χ4n) is 1.40. The van der Waals surface area contributed by atoms with Crippen LogP contribution in [0.5, 0.6) is 0 Å². The highest BCUT2D eigenvalue weighted by atomic mass is 32.2. The molecular weight excluding hydrogens is 220 g/mol. The quantitative estimate of drug-likeness (QED) is 0.654. The summed E-state index contributed by atoms with van der Waals surface area (Å²) >= 11 is 1.73. The Kier molecular flexibility index (Phi) is 3.19. The van der Waals surface area contributed by atoms with Crippen molar-refractivity contribution in [3.63, 3.8) is 0 Å². The lowest BCUT2D eigenvalue weighted by atomic mass is 10.2. The van der Waals surface area contributed by atoms with Crippen LogP contribution in [0, 0.1) is 13.8 Å². The first-order chi connectivity index (χ1) is 7.68. The second kappa shape index (κ2) is 4.61. The van der Waals surface area contributed by atoms with E-state index >= 15 is 0 Å². The summed E-state index contributed by atoms with van der Waals surface area (Å²) in [6, 6.07) is 5.97. The van der Waals surface area contributed by atoms with Crippen LogP contribution in [0.1, 0.15) is 17.0 Å². The number of rotatable bonds is 3. The minimum Gasteiger partial charge on any atom is -0.448 e. The van der Waals surface area contributed by atoms with E-state index in [1.807, 2.05) is 26.0 Å². The molecule has 0 aliphatic carbocycles. The predicted octanol–water partition coefficient (Wildman–Crippen LogP) is 3.17. The van der Waals surface area contributed by atoms with Crippen LogP contribution in [0.4, 0.5) is 5.69 Å². The number of anilines is 1. The van der Waals surface area contributed by atoms with E-state index < -0.39 is 0 Å². The van der Waals surface area contributed by atoms with Gasteiger partial charge in [0.1, 0.15) is 5.76 Å². The molecule has 0 unspecified atom stereocenters. The van der Waals surface area contributed by atoms with Crippen LogP contribution in [0.25, 0.3) is 0 Å². The van der Waals surface area contributed by atoms with Gasteiger partial charge in [0.2, 0.25) is 0 Å². The molecule has 1 heterocycles. The zero-order valence-corrected chi connectivity index (χ0v) is 10.2. The van der Waals surface area contributed by atoms with Crippen LogP contribution in [0.15, 0.2) is 33.9 Å². The maximum atomic E-state index is 5.85. The van der Waals surface area contributed by atoms with Crippen LogP contribution in [0.3, 0.4) is 0 Å². The van der Waals surface area contributed by atoms with Gasteiger partial charge in [-0.2, -0.15) is 0 Å². The normalized spacial score (nSPS) is 10.6. The Labute approximate surface area is 99.1 Å². The fraction of sp³-hybridized carbons (Fsp3) is 0.250. The Morgan fingerprint density at radius 2 is 2.19 bits per heavy atom. The fourth-order valence-corrected chi connectivity index (χ4v) is 2.48. The molecule has 3 nitrogen and oxygen atoms in total. The molecule has 0 saturated carbocycles. The van der Waals surface area contributed by atoms with E-state index in [0.29, 0.717) is 0 Å². The lowest BCUT2D eigenvalue weighted by Gasteiger charge is -2.06. The maximum Gasteiger partial charge on any atom is 0.181 e. The molecule has 16 heavy (non-hydrogen) atoms. The summed E-state index contributed by atoms with van der Waals surface area (Å²) in [6.45, 7) is 3.96. The van der Waals surface area contributed by atoms with Gasteiger partial charge in [-0.3, -0.25) is 0 Å². The molecular formula is C12H14N2OS. The molecule has 4 heteroatoms. The third kappa shape index (κ3) is 2.22. The van der Waals surface area contributed by atoms with Crippen LogP contribution in [-0.2, 0) is 5.75 Å². The number of aromatic nitrogens is 1. The molecule has 0 fully saturated rings.